The molecule has 5 nitrogen and oxygen atoms in total. The second-order valence-corrected chi connectivity index (χ2v) is 8.66. The summed E-state index contributed by atoms with van der Waals surface area (Å²) < 4.78 is 0. The van der Waals surface area contributed by atoms with Gasteiger partial charge in [0, 0.05) is 34.6 Å². The van der Waals surface area contributed by atoms with Crippen molar-refractivity contribution in [1.82, 2.24) is 4.98 Å². The number of fused-ring (bicyclic) bond motifs is 1. The minimum Gasteiger partial charge on any atom is -0.356 e. The van der Waals surface area contributed by atoms with Crippen LogP contribution < -0.4 is 4.90 Å². The number of benzene rings is 2. The summed E-state index contributed by atoms with van der Waals surface area (Å²) >= 11 is 6.45. The summed E-state index contributed by atoms with van der Waals surface area (Å²) in [7, 11) is 0. The van der Waals surface area contributed by atoms with Gasteiger partial charge in [0.25, 0.3) is 0 Å². The van der Waals surface area contributed by atoms with Gasteiger partial charge in [0.2, 0.25) is 0 Å². The lowest BCUT2D eigenvalue weighted by atomic mass is 9.90. The number of hydrogen-bond acceptors (Lipinski definition) is 5. The lowest BCUT2D eigenvalue weighted by molar-refractivity contribution is 0.573. The SMILES string of the molecule is Clc1ccc2nc(N3CCCCC3)c(C3=NN=NCCCC3)c(-c3ccccc3)c2c1. The third kappa shape index (κ3) is 4.19. The van der Waals surface area contributed by atoms with Crippen LogP contribution >= 0.6 is 11.6 Å². The van der Waals surface area contributed by atoms with E-state index in [1.54, 1.807) is 0 Å². The molecule has 6 heteroatoms. The second kappa shape index (κ2) is 9.15. The standard InChI is InChI=1S/C25H26ClN5/c26-19-12-13-21-20(17-19)23(18-9-3-1-4-10-18)24(22-11-5-6-14-27-30-29-22)25(28-21)31-15-7-2-8-16-31/h1,3-4,9-10,12-13,17H,2,5-8,11,14-16H2. The van der Waals surface area contributed by atoms with Gasteiger partial charge in [-0.15, -0.1) is 5.10 Å². The van der Waals surface area contributed by atoms with E-state index in [4.69, 9.17) is 16.6 Å². The molecule has 1 aromatic heterocycles. The van der Waals surface area contributed by atoms with Gasteiger partial charge in [0.05, 0.1) is 17.8 Å². The van der Waals surface area contributed by atoms with Crippen LogP contribution in [0.15, 0.2) is 64.0 Å². The zero-order valence-corrected chi connectivity index (χ0v) is 18.4. The maximum absolute atomic E-state index is 6.45. The number of pyridine rings is 1. The van der Waals surface area contributed by atoms with Crippen molar-refractivity contribution in [3.05, 3.63) is 59.1 Å². The minimum absolute atomic E-state index is 0.711. The fourth-order valence-electron chi connectivity index (χ4n) is 4.57. The number of rotatable bonds is 3. The van der Waals surface area contributed by atoms with E-state index >= 15 is 0 Å². The minimum atomic E-state index is 0.711. The van der Waals surface area contributed by atoms with E-state index in [1.165, 1.54) is 19.3 Å². The van der Waals surface area contributed by atoms with E-state index in [2.05, 4.69) is 44.6 Å². The molecule has 0 N–H and O–H groups in total. The van der Waals surface area contributed by atoms with E-state index in [9.17, 15) is 0 Å². The summed E-state index contributed by atoms with van der Waals surface area (Å²) in [4.78, 5) is 7.60. The van der Waals surface area contributed by atoms with Crippen molar-refractivity contribution >= 4 is 34.0 Å². The first kappa shape index (κ1) is 20.1. The molecule has 2 aromatic carbocycles. The van der Waals surface area contributed by atoms with Crippen LogP contribution in [0.1, 0.15) is 44.1 Å². The fraction of sp³-hybridized carbons (Fsp3) is 0.360. The Kier molecular flexibility index (Phi) is 5.94. The normalized spacial score (nSPS) is 17.3. The Balaban J connectivity index is 1.85. The average molecular weight is 432 g/mol. The van der Waals surface area contributed by atoms with Crippen molar-refractivity contribution in [1.29, 1.82) is 0 Å². The van der Waals surface area contributed by atoms with Crippen LogP contribution in [0.25, 0.3) is 22.0 Å². The Labute approximate surface area is 187 Å². The van der Waals surface area contributed by atoms with Crippen molar-refractivity contribution in [2.45, 2.75) is 38.5 Å². The molecule has 1 saturated heterocycles. The number of nitrogens with zero attached hydrogens (tertiary/aromatic N) is 5. The van der Waals surface area contributed by atoms with E-state index < -0.39 is 0 Å². The number of piperidine rings is 1. The first-order valence-electron chi connectivity index (χ1n) is 11.2. The molecule has 158 valence electrons. The third-order valence-electron chi connectivity index (χ3n) is 6.08. The summed E-state index contributed by atoms with van der Waals surface area (Å²) in [5, 5.41) is 14.7. The molecule has 0 saturated carbocycles. The van der Waals surface area contributed by atoms with Crippen molar-refractivity contribution < 1.29 is 0 Å². The fourth-order valence-corrected chi connectivity index (χ4v) is 4.74. The molecule has 5 rings (SSSR count). The highest BCUT2D eigenvalue weighted by atomic mass is 35.5. The van der Waals surface area contributed by atoms with Gasteiger partial charge < -0.3 is 4.90 Å². The van der Waals surface area contributed by atoms with Gasteiger partial charge in [0.1, 0.15) is 5.82 Å². The van der Waals surface area contributed by atoms with E-state index in [-0.39, 0.29) is 0 Å². The topological polar surface area (TPSA) is 53.2 Å². The van der Waals surface area contributed by atoms with Gasteiger partial charge in [-0.2, -0.15) is 5.11 Å². The third-order valence-corrected chi connectivity index (χ3v) is 6.32. The Hall–Kier alpha value is -2.79. The molecule has 0 aliphatic carbocycles. The van der Waals surface area contributed by atoms with Crippen molar-refractivity contribution in [3.8, 4) is 11.1 Å². The van der Waals surface area contributed by atoms with Gasteiger partial charge in [-0.05, 0) is 67.5 Å². The Bertz CT molecular complexity index is 1130. The first-order valence-corrected chi connectivity index (χ1v) is 11.6. The van der Waals surface area contributed by atoms with Crippen LogP contribution in [-0.4, -0.2) is 30.3 Å². The second-order valence-electron chi connectivity index (χ2n) is 8.22. The van der Waals surface area contributed by atoms with Gasteiger partial charge in [-0.3, -0.25) is 0 Å². The zero-order chi connectivity index (χ0) is 21.0. The highest BCUT2D eigenvalue weighted by Gasteiger charge is 2.25. The van der Waals surface area contributed by atoms with E-state index in [1.807, 2.05) is 24.3 Å². The van der Waals surface area contributed by atoms with Crippen molar-refractivity contribution in [3.63, 3.8) is 0 Å². The molecular formula is C25H26ClN5. The lowest BCUT2D eigenvalue weighted by Gasteiger charge is -2.31. The van der Waals surface area contributed by atoms with Crippen LogP contribution in [0.2, 0.25) is 5.02 Å². The van der Waals surface area contributed by atoms with Crippen LogP contribution in [0.3, 0.4) is 0 Å². The van der Waals surface area contributed by atoms with Gasteiger partial charge in [0.15, 0.2) is 0 Å². The van der Waals surface area contributed by atoms with E-state index in [0.29, 0.717) is 5.02 Å². The summed E-state index contributed by atoms with van der Waals surface area (Å²) in [6, 6.07) is 16.5. The first-order chi connectivity index (χ1) is 15.3. The zero-order valence-electron chi connectivity index (χ0n) is 17.6. The predicted octanol–water partition coefficient (Wildman–Crippen LogP) is 6.89. The molecule has 0 atom stereocenters. The predicted molar refractivity (Wildman–Crippen MR) is 128 cm³/mol. The largest absolute Gasteiger partial charge is 0.356 e. The monoisotopic (exact) mass is 431 g/mol. The molecule has 3 heterocycles. The molecule has 0 unspecified atom stereocenters. The molecular weight excluding hydrogens is 406 g/mol. The quantitative estimate of drug-likeness (QED) is 0.453. The number of aromatic nitrogens is 1. The Morgan fingerprint density at radius 2 is 1.68 bits per heavy atom. The molecule has 31 heavy (non-hydrogen) atoms. The molecule has 3 aromatic rings. The van der Waals surface area contributed by atoms with Gasteiger partial charge >= 0.3 is 0 Å². The summed E-state index contributed by atoms with van der Waals surface area (Å²) in [5.41, 5.74) is 5.30. The summed E-state index contributed by atoms with van der Waals surface area (Å²) in [6.07, 6.45) is 6.58. The van der Waals surface area contributed by atoms with Crippen molar-refractivity contribution in [2.75, 3.05) is 24.5 Å². The Morgan fingerprint density at radius 3 is 2.52 bits per heavy atom. The highest BCUT2D eigenvalue weighted by Crippen LogP contribution is 2.39. The number of halogens is 1. The average Bonchev–Trinajstić information content (AvgIpc) is 2.79. The molecule has 0 radical (unpaired) electrons. The van der Waals surface area contributed by atoms with Gasteiger partial charge in [-0.1, -0.05) is 41.9 Å². The summed E-state index contributed by atoms with van der Waals surface area (Å²) in [6.45, 7) is 2.77. The van der Waals surface area contributed by atoms with Crippen LogP contribution in [0.5, 0.6) is 0 Å². The molecule has 2 aliphatic heterocycles. The molecule has 2 aliphatic rings. The van der Waals surface area contributed by atoms with Crippen LogP contribution in [0, 0.1) is 0 Å². The van der Waals surface area contributed by atoms with Crippen LogP contribution in [-0.2, 0) is 0 Å². The van der Waals surface area contributed by atoms with Gasteiger partial charge in [-0.25, -0.2) is 4.98 Å². The highest BCUT2D eigenvalue weighted by molar-refractivity contribution is 6.31. The molecule has 0 bridgehead atoms. The lowest BCUT2D eigenvalue weighted by Crippen LogP contribution is -2.32. The number of anilines is 1. The maximum atomic E-state index is 6.45. The molecule has 0 spiro atoms. The Morgan fingerprint density at radius 1 is 0.839 bits per heavy atom. The van der Waals surface area contributed by atoms with E-state index in [0.717, 1.165) is 78.0 Å². The summed E-state index contributed by atoms with van der Waals surface area (Å²) in [5.74, 6) is 1.02. The van der Waals surface area contributed by atoms with Crippen molar-refractivity contribution in [2.24, 2.45) is 15.4 Å². The van der Waals surface area contributed by atoms with Crippen LogP contribution in [0.4, 0.5) is 5.82 Å². The smallest absolute Gasteiger partial charge is 0.139 e. The molecule has 1 fully saturated rings. The maximum Gasteiger partial charge on any atom is 0.139 e. The molecule has 0 amide bonds. The number of hydrogen-bond donors (Lipinski definition) is 0.